The van der Waals surface area contributed by atoms with Crippen LogP contribution in [0.2, 0.25) is 0 Å². The topological polar surface area (TPSA) is 28.7 Å². The maximum absolute atomic E-state index is 4.26. The molecule has 0 amide bonds. The Hall–Kier alpha value is -0.790. The number of hydrogen-bond donors (Lipinski definition) is 1. The SMILES string of the molecule is c1c[nH]c(CCCC2CCCCCC2)n1. The smallest absolute Gasteiger partial charge is 0.105 e. The van der Waals surface area contributed by atoms with E-state index in [1.807, 2.05) is 12.4 Å². The molecule has 2 nitrogen and oxygen atoms in total. The number of H-pyrrole nitrogens is 1. The second-order valence-electron chi connectivity index (χ2n) is 4.79. The van der Waals surface area contributed by atoms with Crippen molar-refractivity contribution in [1.82, 2.24) is 9.97 Å². The first-order valence-electron chi connectivity index (χ1n) is 6.43. The van der Waals surface area contributed by atoms with E-state index in [-0.39, 0.29) is 0 Å². The monoisotopic (exact) mass is 206 g/mol. The molecule has 1 N–H and O–H groups in total. The van der Waals surface area contributed by atoms with E-state index >= 15 is 0 Å². The molecule has 1 fully saturated rings. The molecular formula is C13H22N2. The van der Waals surface area contributed by atoms with Gasteiger partial charge in [0.1, 0.15) is 5.82 Å². The summed E-state index contributed by atoms with van der Waals surface area (Å²) in [6.07, 6.45) is 16.4. The van der Waals surface area contributed by atoms with Crippen LogP contribution in [0.25, 0.3) is 0 Å². The molecule has 1 heterocycles. The Kier molecular flexibility index (Phi) is 4.24. The maximum Gasteiger partial charge on any atom is 0.105 e. The van der Waals surface area contributed by atoms with Crippen LogP contribution < -0.4 is 0 Å². The second-order valence-corrected chi connectivity index (χ2v) is 4.79. The Morgan fingerprint density at radius 2 is 2.00 bits per heavy atom. The molecule has 0 saturated heterocycles. The fourth-order valence-electron chi connectivity index (χ4n) is 2.65. The number of imidazole rings is 1. The summed E-state index contributed by atoms with van der Waals surface area (Å²) in [7, 11) is 0. The lowest BCUT2D eigenvalue weighted by Crippen LogP contribution is -2.00. The summed E-state index contributed by atoms with van der Waals surface area (Å²) in [5.41, 5.74) is 0. The number of nitrogens with zero attached hydrogens (tertiary/aromatic N) is 1. The van der Waals surface area contributed by atoms with Crippen LogP contribution in [0.3, 0.4) is 0 Å². The zero-order valence-corrected chi connectivity index (χ0v) is 9.54. The molecular weight excluding hydrogens is 184 g/mol. The first-order valence-corrected chi connectivity index (χ1v) is 6.43. The van der Waals surface area contributed by atoms with Gasteiger partial charge in [-0.2, -0.15) is 0 Å². The highest BCUT2D eigenvalue weighted by Crippen LogP contribution is 2.26. The van der Waals surface area contributed by atoms with Crippen molar-refractivity contribution in [3.63, 3.8) is 0 Å². The molecule has 2 heteroatoms. The molecule has 0 unspecified atom stereocenters. The molecule has 0 radical (unpaired) electrons. The number of aromatic nitrogens is 2. The molecule has 84 valence electrons. The lowest BCUT2D eigenvalue weighted by molar-refractivity contribution is 0.414. The summed E-state index contributed by atoms with van der Waals surface area (Å²) in [4.78, 5) is 7.44. The third-order valence-corrected chi connectivity index (χ3v) is 3.56. The van der Waals surface area contributed by atoms with Crippen LogP contribution in [0.5, 0.6) is 0 Å². The van der Waals surface area contributed by atoms with Gasteiger partial charge in [-0.15, -0.1) is 0 Å². The van der Waals surface area contributed by atoms with Gasteiger partial charge in [-0.05, 0) is 12.3 Å². The van der Waals surface area contributed by atoms with E-state index in [0.717, 1.165) is 18.2 Å². The van der Waals surface area contributed by atoms with Crippen molar-refractivity contribution in [1.29, 1.82) is 0 Å². The van der Waals surface area contributed by atoms with Gasteiger partial charge in [0.05, 0.1) is 0 Å². The molecule has 0 atom stereocenters. The Balaban J connectivity index is 1.64. The van der Waals surface area contributed by atoms with Crippen molar-refractivity contribution in [2.75, 3.05) is 0 Å². The van der Waals surface area contributed by atoms with E-state index in [0.29, 0.717) is 0 Å². The Bertz CT molecular complexity index is 246. The summed E-state index contributed by atoms with van der Waals surface area (Å²) in [5, 5.41) is 0. The summed E-state index contributed by atoms with van der Waals surface area (Å²) < 4.78 is 0. The third-order valence-electron chi connectivity index (χ3n) is 3.56. The number of aromatic amines is 1. The quantitative estimate of drug-likeness (QED) is 0.748. The summed E-state index contributed by atoms with van der Waals surface area (Å²) in [6, 6.07) is 0. The molecule has 1 aliphatic carbocycles. The highest BCUT2D eigenvalue weighted by molar-refractivity contribution is 4.86. The average molecular weight is 206 g/mol. The maximum atomic E-state index is 4.26. The molecule has 1 aromatic rings. The van der Waals surface area contributed by atoms with Crippen molar-refractivity contribution in [3.05, 3.63) is 18.2 Å². The minimum Gasteiger partial charge on any atom is -0.349 e. The Morgan fingerprint density at radius 1 is 1.20 bits per heavy atom. The highest BCUT2D eigenvalue weighted by atomic mass is 14.9. The van der Waals surface area contributed by atoms with E-state index in [1.54, 1.807) is 0 Å². The van der Waals surface area contributed by atoms with Crippen molar-refractivity contribution in [2.45, 2.75) is 57.8 Å². The fourth-order valence-corrected chi connectivity index (χ4v) is 2.65. The van der Waals surface area contributed by atoms with Crippen LogP contribution >= 0.6 is 0 Å². The van der Waals surface area contributed by atoms with Gasteiger partial charge in [-0.1, -0.05) is 44.9 Å². The van der Waals surface area contributed by atoms with Crippen LogP contribution in [0.15, 0.2) is 12.4 Å². The van der Waals surface area contributed by atoms with E-state index in [1.165, 1.54) is 51.4 Å². The van der Waals surface area contributed by atoms with E-state index in [4.69, 9.17) is 0 Å². The van der Waals surface area contributed by atoms with Crippen LogP contribution in [-0.2, 0) is 6.42 Å². The molecule has 15 heavy (non-hydrogen) atoms. The second kappa shape index (κ2) is 5.94. The van der Waals surface area contributed by atoms with E-state index in [9.17, 15) is 0 Å². The fraction of sp³-hybridized carbons (Fsp3) is 0.769. The van der Waals surface area contributed by atoms with Crippen molar-refractivity contribution in [2.24, 2.45) is 5.92 Å². The van der Waals surface area contributed by atoms with Crippen LogP contribution in [-0.4, -0.2) is 9.97 Å². The summed E-state index contributed by atoms with van der Waals surface area (Å²) in [5.74, 6) is 2.16. The van der Waals surface area contributed by atoms with Gasteiger partial charge in [0.25, 0.3) is 0 Å². The molecule has 0 aromatic carbocycles. The molecule has 2 rings (SSSR count). The molecule has 1 saturated carbocycles. The van der Waals surface area contributed by atoms with Gasteiger partial charge in [-0.25, -0.2) is 4.98 Å². The zero-order chi connectivity index (χ0) is 10.3. The van der Waals surface area contributed by atoms with Gasteiger partial charge in [0.15, 0.2) is 0 Å². The van der Waals surface area contributed by atoms with E-state index in [2.05, 4.69) is 9.97 Å². The van der Waals surface area contributed by atoms with Gasteiger partial charge >= 0.3 is 0 Å². The molecule has 0 bridgehead atoms. The summed E-state index contributed by atoms with van der Waals surface area (Å²) in [6.45, 7) is 0. The first-order chi connectivity index (χ1) is 7.45. The predicted octanol–water partition coefficient (Wildman–Crippen LogP) is 3.70. The Labute approximate surface area is 92.5 Å². The Morgan fingerprint density at radius 3 is 2.67 bits per heavy atom. The minimum atomic E-state index is 1.00. The molecule has 0 spiro atoms. The molecule has 1 aromatic heterocycles. The summed E-state index contributed by atoms with van der Waals surface area (Å²) >= 11 is 0. The van der Waals surface area contributed by atoms with Crippen molar-refractivity contribution < 1.29 is 0 Å². The number of aryl methyl sites for hydroxylation is 1. The lowest BCUT2D eigenvalue weighted by atomic mass is 9.94. The van der Waals surface area contributed by atoms with Crippen LogP contribution in [0.1, 0.15) is 57.2 Å². The third kappa shape index (κ3) is 3.69. The van der Waals surface area contributed by atoms with Crippen LogP contribution in [0, 0.1) is 5.92 Å². The average Bonchev–Trinajstić information content (AvgIpc) is 2.62. The first kappa shape index (κ1) is 10.7. The van der Waals surface area contributed by atoms with Crippen molar-refractivity contribution in [3.8, 4) is 0 Å². The predicted molar refractivity (Wildman–Crippen MR) is 62.7 cm³/mol. The molecule has 1 aliphatic rings. The molecule has 0 aliphatic heterocycles. The zero-order valence-electron chi connectivity index (χ0n) is 9.54. The van der Waals surface area contributed by atoms with Crippen LogP contribution in [0.4, 0.5) is 0 Å². The number of hydrogen-bond acceptors (Lipinski definition) is 1. The largest absolute Gasteiger partial charge is 0.349 e. The van der Waals surface area contributed by atoms with Crippen molar-refractivity contribution >= 4 is 0 Å². The number of nitrogens with one attached hydrogen (secondary N) is 1. The lowest BCUT2D eigenvalue weighted by Gasteiger charge is -2.12. The van der Waals surface area contributed by atoms with E-state index < -0.39 is 0 Å². The van der Waals surface area contributed by atoms with Gasteiger partial charge in [0, 0.05) is 18.8 Å². The van der Waals surface area contributed by atoms with Gasteiger partial charge < -0.3 is 4.98 Å². The van der Waals surface area contributed by atoms with Gasteiger partial charge in [0.2, 0.25) is 0 Å². The normalized spacial score (nSPS) is 18.9. The minimum absolute atomic E-state index is 1.00. The highest BCUT2D eigenvalue weighted by Gasteiger charge is 2.11. The standard InChI is InChI=1S/C13H22N2/c1-2-4-7-12(6-3-1)8-5-9-13-14-10-11-15-13/h10-12H,1-9H2,(H,14,15). The van der Waals surface area contributed by atoms with Gasteiger partial charge in [-0.3, -0.25) is 0 Å². The number of rotatable bonds is 4.